The van der Waals surface area contributed by atoms with Crippen LogP contribution in [0.15, 0.2) is 30.4 Å². The summed E-state index contributed by atoms with van der Waals surface area (Å²) in [5, 5.41) is 14.6. The number of phosphoric ester groups is 1. The van der Waals surface area contributed by atoms with Gasteiger partial charge >= 0.3 is 19.9 Å². The number of phosphoric acid groups is 1. The predicted molar refractivity (Wildman–Crippen MR) is 169 cm³/mol. The number of anilines is 1. The highest BCUT2D eigenvalue weighted by Gasteiger charge is 2.25. The number of alkyl carbamates (subject to hydrolysis) is 1. The lowest BCUT2D eigenvalue weighted by molar-refractivity contribution is -0.141. The first-order valence-electron chi connectivity index (χ1n) is 15.1. The molecule has 1 aromatic carbocycles. The second kappa shape index (κ2) is 19.2. The third kappa shape index (κ3) is 16.3. The first kappa shape index (κ1) is 40.3. The lowest BCUT2D eigenvalue weighted by Crippen LogP contribution is -2.41. The van der Waals surface area contributed by atoms with Gasteiger partial charge in [0.05, 0.1) is 64.2 Å². The van der Waals surface area contributed by atoms with Gasteiger partial charge in [-0.2, -0.15) is 0 Å². The number of carboxylic acid groups (broad SMARTS) is 1. The fourth-order valence-electron chi connectivity index (χ4n) is 4.22. The molecule has 0 saturated carbocycles. The minimum Gasteiger partial charge on any atom is -0.481 e. The number of carbonyl (C=O) groups is 5. The lowest BCUT2D eigenvalue weighted by Gasteiger charge is -2.25. The Morgan fingerprint density at radius 3 is 2.08 bits per heavy atom. The minimum absolute atomic E-state index is 0.000947. The molecule has 4 amide bonds. The largest absolute Gasteiger partial charge is 0.524 e. The molecule has 17 nitrogen and oxygen atoms in total. The number of hydrogen-bond acceptors (Lipinski definition) is 11. The number of amides is 4. The molecular formula is C30H44N3O14P. The molecule has 0 aliphatic carbocycles. The average molecular weight is 702 g/mol. The molecule has 0 saturated heterocycles. The highest BCUT2D eigenvalue weighted by Crippen LogP contribution is 2.41. The van der Waals surface area contributed by atoms with Crippen LogP contribution in [0.25, 0.3) is 0 Å². The number of ether oxygens (including phenoxy) is 4. The van der Waals surface area contributed by atoms with Crippen LogP contribution in [0.2, 0.25) is 0 Å². The predicted octanol–water partition coefficient (Wildman–Crippen LogP) is 2.01. The maximum Gasteiger partial charge on any atom is 0.524 e. The van der Waals surface area contributed by atoms with E-state index in [9.17, 15) is 43.4 Å². The van der Waals surface area contributed by atoms with Gasteiger partial charge in [0.25, 0.3) is 11.8 Å². The molecule has 2 rings (SSSR count). The normalized spacial score (nSPS) is 14.5. The SMILES string of the molecule is CC(C[C@H](Cc1ccc(OP(=O)(O)O)c(NC(=O)CCOCCOCCOCCN2C(=O)C=CC2=O)c1)NC(=O)OC(C)(C)C)C(=O)O. The monoisotopic (exact) mass is 701 g/mol. The number of aliphatic carboxylic acids is 1. The van der Waals surface area contributed by atoms with Crippen molar-refractivity contribution in [2.75, 3.05) is 51.5 Å². The van der Waals surface area contributed by atoms with E-state index in [1.165, 1.54) is 37.3 Å². The van der Waals surface area contributed by atoms with Gasteiger partial charge in [-0.1, -0.05) is 13.0 Å². The molecule has 5 N–H and O–H groups in total. The Labute approximate surface area is 278 Å². The summed E-state index contributed by atoms with van der Waals surface area (Å²) in [5.41, 5.74) is -0.354. The van der Waals surface area contributed by atoms with Crippen LogP contribution in [0, 0.1) is 5.92 Å². The maximum atomic E-state index is 12.7. The molecule has 0 aromatic heterocycles. The summed E-state index contributed by atoms with van der Waals surface area (Å²) in [6, 6.07) is 3.42. The van der Waals surface area contributed by atoms with Gasteiger partial charge in [-0.25, -0.2) is 9.36 Å². The Morgan fingerprint density at radius 2 is 1.52 bits per heavy atom. The van der Waals surface area contributed by atoms with Crippen molar-refractivity contribution < 1.29 is 66.9 Å². The fourth-order valence-corrected chi connectivity index (χ4v) is 4.63. The Hall–Kier alpha value is -3.86. The van der Waals surface area contributed by atoms with E-state index in [1.54, 1.807) is 20.8 Å². The summed E-state index contributed by atoms with van der Waals surface area (Å²) < 4.78 is 37.7. The van der Waals surface area contributed by atoms with Crippen LogP contribution in [-0.4, -0.2) is 107 Å². The summed E-state index contributed by atoms with van der Waals surface area (Å²) in [6.45, 7) is 7.70. The number of nitrogens with zero attached hydrogens (tertiary/aromatic N) is 1. The second-order valence-electron chi connectivity index (χ2n) is 11.7. The van der Waals surface area contributed by atoms with Crippen molar-refractivity contribution in [3.05, 3.63) is 35.9 Å². The van der Waals surface area contributed by atoms with E-state index in [4.69, 9.17) is 23.5 Å². The molecule has 2 atom stereocenters. The van der Waals surface area contributed by atoms with Crippen molar-refractivity contribution in [2.24, 2.45) is 5.92 Å². The molecule has 1 aliphatic rings. The number of carboxylic acids is 1. The number of rotatable bonds is 21. The third-order valence-electron chi connectivity index (χ3n) is 6.38. The molecule has 0 bridgehead atoms. The topological polar surface area (TPSA) is 237 Å². The maximum absolute atomic E-state index is 12.7. The summed E-state index contributed by atoms with van der Waals surface area (Å²) in [4.78, 5) is 79.3. The first-order valence-corrected chi connectivity index (χ1v) is 16.6. The zero-order chi connectivity index (χ0) is 35.9. The van der Waals surface area contributed by atoms with Crippen LogP contribution < -0.4 is 15.2 Å². The van der Waals surface area contributed by atoms with Crippen molar-refractivity contribution in [1.82, 2.24) is 10.2 Å². The second-order valence-corrected chi connectivity index (χ2v) is 12.9. The number of carbonyl (C=O) groups excluding carboxylic acids is 4. The van der Waals surface area contributed by atoms with E-state index in [0.717, 1.165) is 4.90 Å². The smallest absolute Gasteiger partial charge is 0.481 e. The molecule has 0 fully saturated rings. The van der Waals surface area contributed by atoms with Crippen LogP contribution >= 0.6 is 7.82 Å². The molecule has 1 aliphatic heterocycles. The Morgan fingerprint density at radius 1 is 0.938 bits per heavy atom. The van der Waals surface area contributed by atoms with Crippen LogP contribution in [0.4, 0.5) is 10.5 Å². The van der Waals surface area contributed by atoms with E-state index < -0.39 is 43.4 Å². The van der Waals surface area contributed by atoms with Gasteiger partial charge in [-0.15, -0.1) is 0 Å². The van der Waals surface area contributed by atoms with Gasteiger partial charge in [0, 0.05) is 18.2 Å². The standard InChI is InChI=1S/C30H44N3O14P/c1-20(28(37)38)17-22(31-29(39)46-30(2,3)4)18-21-5-6-24(47-48(40,41)42)23(19-21)32-25(34)9-11-43-13-15-45-16-14-44-12-10-33-26(35)7-8-27(33)36/h5-8,19-20,22H,9-18H2,1-4H3,(H,31,39)(H,32,34)(H,37,38)(H2,40,41,42)/t20?,22-/m1/s1. The van der Waals surface area contributed by atoms with Gasteiger partial charge in [0.15, 0.2) is 5.75 Å². The average Bonchev–Trinajstić information content (AvgIpc) is 3.27. The Bertz CT molecular complexity index is 1340. The summed E-state index contributed by atoms with van der Waals surface area (Å²) in [6.07, 6.45) is 1.67. The van der Waals surface area contributed by atoms with Gasteiger partial charge in [-0.05, 0) is 51.3 Å². The summed E-state index contributed by atoms with van der Waals surface area (Å²) >= 11 is 0. The number of nitrogens with one attached hydrogen (secondary N) is 2. The van der Waals surface area contributed by atoms with Gasteiger partial charge in [0.1, 0.15) is 5.60 Å². The van der Waals surface area contributed by atoms with E-state index in [1.807, 2.05) is 0 Å². The summed E-state index contributed by atoms with van der Waals surface area (Å²) in [7, 11) is -5.00. The van der Waals surface area contributed by atoms with Crippen molar-refractivity contribution in [1.29, 1.82) is 0 Å². The van der Waals surface area contributed by atoms with Crippen LogP contribution in [0.1, 0.15) is 46.1 Å². The van der Waals surface area contributed by atoms with Gasteiger partial charge in [0.2, 0.25) is 5.91 Å². The molecule has 18 heteroatoms. The van der Waals surface area contributed by atoms with E-state index >= 15 is 0 Å². The quantitative estimate of drug-likeness (QED) is 0.0701. The van der Waals surface area contributed by atoms with Crippen LogP contribution in [0.5, 0.6) is 5.75 Å². The summed E-state index contributed by atoms with van der Waals surface area (Å²) in [5.74, 6) is -3.49. The van der Waals surface area contributed by atoms with Crippen molar-refractivity contribution in [3.8, 4) is 5.75 Å². The molecule has 48 heavy (non-hydrogen) atoms. The Balaban J connectivity index is 1.86. The van der Waals surface area contributed by atoms with Crippen molar-refractivity contribution in [3.63, 3.8) is 0 Å². The molecule has 1 aromatic rings. The van der Waals surface area contributed by atoms with E-state index in [0.29, 0.717) is 5.56 Å². The van der Waals surface area contributed by atoms with Crippen molar-refractivity contribution >= 4 is 43.3 Å². The minimum atomic E-state index is -5.00. The third-order valence-corrected chi connectivity index (χ3v) is 6.81. The lowest BCUT2D eigenvalue weighted by atomic mass is 9.96. The molecular weight excluding hydrogens is 657 g/mol. The molecule has 268 valence electrons. The number of hydrogen-bond donors (Lipinski definition) is 5. The first-order chi connectivity index (χ1) is 22.4. The van der Waals surface area contributed by atoms with Crippen LogP contribution in [0.3, 0.4) is 0 Å². The number of benzene rings is 1. The zero-order valence-electron chi connectivity index (χ0n) is 27.3. The highest BCUT2D eigenvalue weighted by atomic mass is 31.2. The van der Waals surface area contributed by atoms with Gasteiger partial charge < -0.3 is 39.2 Å². The van der Waals surface area contributed by atoms with Gasteiger partial charge in [-0.3, -0.25) is 33.9 Å². The van der Waals surface area contributed by atoms with Crippen molar-refractivity contribution in [2.45, 2.75) is 58.6 Å². The van der Waals surface area contributed by atoms with Crippen LogP contribution in [-0.2, 0) is 49.1 Å². The van der Waals surface area contributed by atoms with E-state index in [2.05, 4.69) is 10.6 Å². The molecule has 1 heterocycles. The molecule has 0 radical (unpaired) electrons. The Kier molecular flexibility index (Phi) is 16.1. The highest BCUT2D eigenvalue weighted by molar-refractivity contribution is 7.46. The molecule has 0 spiro atoms. The zero-order valence-corrected chi connectivity index (χ0v) is 28.2. The van der Waals surface area contributed by atoms with E-state index in [-0.39, 0.29) is 88.7 Å². The number of imide groups is 1. The fraction of sp³-hybridized carbons (Fsp3) is 0.567. The molecule has 1 unspecified atom stereocenters.